The summed E-state index contributed by atoms with van der Waals surface area (Å²) in [5.41, 5.74) is 5.31. The van der Waals surface area contributed by atoms with E-state index >= 15 is 0 Å². The lowest BCUT2D eigenvalue weighted by atomic mass is 9.93. The Morgan fingerprint density at radius 2 is 1.81 bits per heavy atom. The summed E-state index contributed by atoms with van der Waals surface area (Å²) in [6.45, 7) is 1.74. The topological polar surface area (TPSA) is 73.8 Å². The van der Waals surface area contributed by atoms with Crippen molar-refractivity contribution in [1.29, 1.82) is 0 Å². The number of halogens is 3. The first kappa shape index (κ1) is 19.7. The van der Waals surface area contributed by atoms with Gasteiger partial charge in [-0.2, -0.15) is 0 Å². The van der Waals surface area contributed by atoms with Crippen LogP contribution in [0.2, 0.25) is 10.0 Å². The lowest BCUT2D eigenvalue weighted by molar-refractivity contribution is -0.121. The Kier molecular flexibility index (Phi) is 5.74. The Morgan fingerprint density at radius 1 is 1.19 bits per heavy atom. The van der Waals surface area contributed by atoms with Crippen molar-refractivity contribution in [2.24, 2.45) is 4.99 Å². The molecule has 2 aromatic rings. The number of rotatable bonds is 5. The van der Waals surface area contributed by atoms with E-state index in [0.29, 0.717) is 28.6 Å². The number of hydrazine groups is 1. The van der Waals surface area contributed by atoms with Gasteiger partial charge in [-0.3, -0.25) is 20.4 Å². The van der Waals surface area contributed by atoms with Crippen molar-refractivity contribution >= 4 is 63.1 Å². The molecule has 0 saturated heterocycles. The Hall–Kier alpha value is -2.09. The molecule has 2 N–H and O–H groups in total. The second-order valence-electron chi connectivity index (χ2n) is 6.17. The Labute approximate surface area is 174 Å². The van der Waals surface area contributed by atoms with Crippen LogP contribution in [-0.2, 0) is 16.0 Å². The molecule has 2 aromatic carbocycles. The van der Waals surface area contributed by atoms with Crippen LogP contribution in [-0.4, -0.2) is 23.8 Å². The lowest BCUT2D eigenvalue weighted by Gasteiger charge is -2.23. The third-order valence-corrected chi connectivity index (χ3v) is 5.00. The molecule has 0 saturated carbocycles. The monoisotopic (exact) mass is 468 g/mol. The minimum atomic E-state index is -1.06. The molecule has 2 amide bonds. The molecule has 1 atom stereocenters. The van der Waals surface area contributed by atoms with E-state index in [1.807, 2.05) is 24.3 Å². The van der Waals surface area contributed by atoms with Crippen LogP contribution in [0.3, 0.4) is 0 Å². The third-order valence-electron chi connectivity index (χ3n) is 4.04. The predicted molar refractivity (Wildman–Crippen MR) is 110 cm³/mol. The molecule has 3 rings (SSSR count). The number of carbonyl (C=O) groups is 2. The van der Waals surface area contributed by atoms with Crippen LogP contribution in [0.5, 0.6) is 0 Å². The average molecular weight is 470 g/mol. The summed E-state index contributed by atoms with van der Waals surface area (Å²) in [6, 6.07) is 12.4. The van der Waals surface area contributed by atoms with Crippen molar-refractivity contribution < 1.29 is 9.59 Å². The summed E-state index contributed by atoms with van der Waals surface area (Å²) in [4.78, 5) is 29.8. The number of nitrogens with one attached hydrogen (secondary N) is 2. The van der Waals surface area contributed by atoms with Crippen molar-refractivity contribution in [3.8, 4) is 0 Å². The zero-order valence-electron chi connectivity index (χ0n) is 14.2. The van der Waals surface area contributed by atoms with Crippen molar-refractivity contribution in [2.75, 3.05) is 4.90 Å². The highest BCUT2D eigenvalue weighted by atomic mass is 79.9. The number of carbonyl (C=O) groups excluding carboxylic acids is 2. The molecule has 0 spiro atoms. The smallest absolute Gasteiger partial charge is 0.262 e. The Bertz CT molecular complexity index is 900. The number of guanidine groups is 1. The summed E-state index contributed by atoms with van der Waals surface area (Å²) in [5, 5.41) is 0.768. The Balaban J connectivity index is 1.98. The van der Waals surface area contributed by atoms with Gasteiger partial charge in [0.2, 0.25) is 12.4 Å². The number of benzene rings is 2. The largest absolute Gasteiger partial charge is 0.277 e. The van der Waals surface area contributed by atoms with Crippen LogP contribution < -0.4 is 15.8 Å². The molecule has 0 bridgehead atoms. The summed E-state index contributed by atoms with van der Waals surface area (Å²) >= 11 is 15.6. The van der Waals surface area contributed by atoms with E-state index < -0.39 is 5.54 Å². The molecule has 1 unspecified atom stereocenters. The SMILES string of the molecule is CC1(Cc2ccc(Br)cc2)N=C(NNC=O)N(c2cc(Cl)cc(Cl)c2)C1=O. The van der Waals surface area contributed by atoms with Gasteiger partial charge < -0.3 is 0 Å². The number of amides is 2. The highest BCUT2D eigenvalue weighted by Crippen LogP contribution is 2.33. The van der Waals surface area contributed by atoms with E-state index in [-0.39, 0.29) is 11.9 Å². The van der Waals surface area contributed by atoms with E-state index in [1.54, 1.807) is 25.1 Å². The maximum Gasteiger partial charge on any atom is 0.262 e. The quantitative estimate of drug-likeness (QED) is 0.517. The zero-order valence-corrected chi connectivity index (χ0v) is 17.3. The minimum Gasteiger partial charge on any atom is -0.277 e. The van der Waals surface area contributed by atoms with Crippen LogP contribution in [0.25, 0.3) is 0 Å². The van der Waals surface area contributed by atoms with Crippen LogP contribution in [0.15, 0.2) is 51.9 Å². The van der Waals surface area contributed by atoms with E-state index in [2.05, 4.69) is 31.8 Å². The maximum absolute atomic E-state index is 13.3. The lowest BCUT2D eigenvalue weighted by Crippen LogP contribution is -2.49. The normalized spacial score (nSPS) is 19.0. The number of nitrogens with zero attached hydrogens (tertiary/aromatic N) is 2. The number of aliphatic imine (C=N–C) groups is 1. The van der Waals surface area contributed by atoms with Gasteiger partial charge in [-0.1, -0.05) is 51.3 Å². The van der Waals surface area contributed by atoms with E-state index in [0.717, 1.165) is 10.0 Å². The van der Waals surface area contributed by atoms with Gasteiger partial charge in [-0.25, -0.2) is 9.89 Å². The number of hydrogen-bond acceptors (Lipinski definition) is 4. The van der Waals surface area contributed by atoms with Gasteiger partial charge in [-0.15, -0.1) is 0 Å². The molecular weight excluding hydrogens is 455 g/mol. The van der Waals surface area contributed by atoms with Gasteiger partial charge in [-0.05, 0) is 42.8 Å². The molecule has 9 heteroatoms. The van der Waals surface area contributed by atoms with E-state index in [1.165, 1.54) is 4.90 Å². The molecule has 0 radical (unpaired) electrons. The van der Waals surface area contributed by atoms with Gasteiger partial charge >= 0.3 is 0 Å². The molecule has 140 valence electrons. The van der Waals surface area contributed by atoms with Crippen LogP contribution in [0.1, 0.15) is 12.5 Å². The summed E-state index contributed by atoms with van der Waals surface area (Å²) in [5.74, 6) is -0.0796. The standard InChI is InChI=1S/C18H15BrCl2N4O2/c1-18(9-11-2-4-12(19)5-3-11)16(27)25(17(23-18)24-22-10-26)15-7-13(20)6-14(21)8-15/h2-8,10H,9H2,1H3,(H,22,26)(H,23,24). The molecular formula is C18H15BrCl2N4O2. The summed E-state index contributed by atoms with van der Waals surface area (Å²) in [6.07, 6.45) is 0.844. The van der Waals surface area contributed by atoms with Gasteiger partial charge in [0, 0.05) is 20.9 Å². The highest BCUT2D eigenvalue weighted by Gasteiger charge is 2.45. The molecule has 1 heterocycles. The minimum absolute atomic E-state index is 0.185. The van der Waals surface area contributed by atoms with Crippen LogP contribution >= 0.6 is 39.1 Å². The zero-order chi connectivity index (χ0) is 19.6. The van der Waals surface area contributed by atoms with Crippen molar-refractivity contribution in [1.82, 2.24) is 10.9 Å². The van der Waals surface area contributed by atoms with Gasteiger partial charge in [0.05, 0.1) is 5.69 Å². The fourth-order valence-corrected chi connectivity index (χ4v) is 3.65. The van der Waals surface area contributed by atoms with Crippen molar-refractivity contribution in [3.63, 3.8) is 0 Å². The van der Waals surface area contributed by atoms with Crippen molar-refractivity contribution in [2.45, 2.75) is 18.9 Å². The molecule has 0 aliphatic carbocycles. The fourth-order valence-electron chi connectivity index (χ4n) is 2.87. The highest BCUT2D eigenvalue weighted by molar-refractivity contribution is 9.10. The fraction of sp³-hybridized carbons (Fsp3) is 0.167. The van der Waals surface area contributed by atoms with E-state index in [9.17, 15) is 9.59 Å². The number of hydrogen-bond donors (Lipinski definition) is 2. The predicted octanol–water partition coefficient (Wildman–Crippen LogP) is 3.71. The van der Waals surface area contributed by atoms with Crippen molar-refractivity contribution in [3.05, 3.63) is 62.5 Å². The molecule has 6 nitrogen and oxygen atoms in total. The first-order valence-corrected chi connectivity index (χ1v) is 9.47. The summed E-state index contributed by atoms with van der Waals surface area (Å²) < 4.78 is 0.949. The first-order chi connectivity index (χ1) is 12.8. The van der Waals surface area contributed by atoms with Gasteiger partial charge in [0.1, 0.15) is 5.54 Å². The summed E-state index contributed by atoms with van der Waals surface area (Å²) in [7, 11) is 0. The van der Waals surface area contributed by atoms with E-state index in [4.69, 9.17) is 23.2 Å². The third kappa shape index (κ3) is 4.26. The molecule has 0 fully saturated rings. The first-order valence-electron chi connectivity index (χ1n) is 7.92. The van der Waals surface area contributed by atoms with Gasteiger partial charge in [0.15, 0.2) is 0 Å². The number of anilines is 1. The maximum atomic E-state index is 13.3. The van der Waals surface area contributed by atoms with Gasteiger partial charge in [0.25, 0.3) is 5.91 Å². The second-order valence-corrected chi connectivity index (χ2v) is 7.96. The molecule has 1 aliphatic rings. The second kappa shape index (κ2) is 7.88. The molecule has 0 aromatic heterocycles. The molecule has 27 heavy (non-hydrogen) atoms. The van der Waals surface area contributed by atoms with Crippen LogP contribution in [0.4, 0.5) is 5.69 Å². The molecule has 1 aliphatic heterocycles. The average Bonchev–Trinajstić information content (AvgIpc) is 2.85. The van der Waals surface area contributed by atoms with Crippen LogP contribution in [0, 0.1) is 0 Å². The Morgan fingerprint density at radius 3 is 2.41 bits per heavy atom.